The van der Waals surface area contributed by atoms with Gasteiger partial charge in [0, 0.05) is 18.6 Å². The number of benzene rings is 1. The lowest BCUT2D eigenvalue weighted by molar-refractivity contribution is 0.0895. The predicted molar refractivity (Wildman–Crippen MR) is 76.1 cm³/mol. The van der Waals surface area contributed by atoms with E-state index in [0.29, 0.717) is 5.56 Å². The van der Waals surface area contributed by atoms with Gasteiger partial charge in [-0.05, 0) is 31.4 Å². The highest BCUT2D eigenvalue weighted by molar-refractivity contribution is 5.94. The van der Waals surface area contributed by atoms with Crippen LogP contribution in [0, 0.1) is 18.7 Å². The number of hydrogen-bond acceptors (Lipinski definition) is 2. The molecule has 0 saturated heterocycles. The summed E-state index contributed by atoms with van der Waals surface area (Å²) in [5, 5.41) is 12.3. The summed E-state index contributed by atoms with van der Waals surface area (Å²) in [6.07, 6.45) is 5.01. The van der Waals surface area contributed by atoms with Gasteiger partial charge in [0.25, 0.3) is 5.91 Å². The normalized spacial score (nSPS) is 23.1. The molecule has 3 nitrogen and oxygen atoms in total. The smallest absolute Gasteiger partial charge is 0.254 e. The minimum absolute atomic E-state index is 0.0603. The van der Waals surface area contributed by atoms with Crippen molar-refractivity contribution >= 4 is 5.91 Å². The first-order chi connectivity index (χ1) is 9.63. The fourth-order valence-corrected chi connectivity index (χ4v) is 2.86. The van der Waals surface area contributed by atoms with Gasteiger partial charge < -0.3 is 10.4 Å². The Morgan fingerprint density at radius 3 is 2.85 bits per heavy atom. The van der Waals surface area contributed by atoms with Gasteiger partial charge in [-0.25, -0.2) is 4.39 Å². The molecule has 2 N–H and O–H groups in total. The third kappa shape index (κ3) is 3.37. The molecular weight excluding hydrogens is 257 g/mol. The maximum atomic E-state index is 14.0. The molecule has 2 unspecified atom stereocenters. The van der Waals surface area contributed by atoms with Crippen LogP contribution in [0.2, 0.25) is 0 Å². The van der Waals surface area contributed by atoms with Crippen molar-refractivity contribution in [2.75, 3.05) is 6.61 Å². The van der Waals surface area contributed by atoms with E-state index in [1.807, 2.05) is 0 Å². The van der Waals surface area contributed by atoms with Crippen LogP contribution in [0.1, 0.15) is 48.0 Å². The summed E-state index contributed by atoms with van der Waals surface area (Å²) < 4.78 is 14.0. The Balaban J connectivity index is 2.11. The number of halogens is 1. The van der Waals surface area contributed by atoms with E-state index in [2.05, 4.69) is 5.32 Å². The molecule has 110 valence electrons. The first-order valence-corrected chi connectivity index (χ1v) is 7.30. The summed E-state index contributed by atoms with van der Waals surface area (Å²) in [5.74, 6) is -0.759. The Labute approximate surface area is 119 Å². The molecule has 0 aliphatic heterocycles. The van der Waals surface area contributed by atoms with Crippen LogP contribution in [0.15, 0.2) is 18.2 Å². The summed E-state index contributed by atoms with van der Waals surface area (Å²) >= 11 is 0. The van der Waals surface area contributed by atoms with Crippen LogP contribution in [0.5, 0.6) is 0 Å². The number of carbonyl (C=O) groups excluding carboxylic acids is 1. The van der Waals surface area contributed by atoms with Crippen LogP contribution in [-0.4, -0.2) is 23.7 Å². The van der Waals surface area contributed by atoms with E-state index in [1.54, 1.807) is 19.1 Å². The molecule has 0 radical (unpaired) electrons. The Bertz CT molecular complexity index is 476. The zero-order valence-corrected chi connectivity index (χ0v) is 11.9. The average Bonchev–Trinajstić information content (AvgIpc) is 2.66. The van der Waals surface area contributed by atoms with E-state index in [4.69, 9.17) is 0 Å². The van der Waals surface area contributed by atoms with Crippen molar-refractivity contribution in [1.29, 1.82) is 0 Å². The molecule has 0 bridgehead atoms. The van der Waals surface area contributed by atoms with E-state index < -0.39 is 5.82 Å². The molecular formula is C16H22FNO2. The van der Waals surface area contributed by atoms with Crippen LogP contribution in [0.4, 0.5) is 4.39 Å². The van der Waals surface area contributed by atoms with E-state index >= 15 is 0 Å². The SMILES string of the molecule is Cc1cccc(C(=O)NC2CCCCCC2CO)c1F. The van der Waals surface area contributed by atoms with Crippen molar-refractivity contribution in [3.8, 4) is 0 Å². The molecule has 1 aliphatic rings. The Morgan fingerprint density at radius 2 is 2.10 bits per heavy atom. The van der Waals surface area contributed by atoms with Gasteiger partial charge in [0.15, 0.2) is 0 Å². The van der Waals surface area contributed by atoms with Crippen LogP contribution in [0.25, 0.3) is 0 Å². The molecule has 1 aliphatic carbocycles. The van der Waals surface area contributed by atoms with Crippen molar-refractivity contribution in [3.63, 3.8) is 0 Å². The minimum atomic E-state index is -0.459. The van der Waals surface area contributed by atoms with Gasteiger partial charge in [0.2, 0.25) is 0 Å². The minimum Gasteiger partial charge on any atom is -0.396 e. The lowest BCUT2D eigenvalue weighted by Crippen LogP contribution is -2.41. The van der Waals surface area contributed by atoms with Gasteiger partial charge in [0.05, 0.1) is 5.56 Å². The number of aryl methyl sites for hydroxylation is 1. The summed E-state index contributed by atoms with van der Waals surface area (Å²) in [4.78, 5) is 12.2. The van der Waals surface area contributed by atoms with Crippen LogP contribution in [0.3, 0.4) is 0 Å². The monoisotopic (exact) mass is 279 g/mol. The van der Waals surface area contributed by atoms with E-state index in [1.165, 1.54) is 6.07 Å². The molecule has 4 heteroatoms. The maximum Gasteiger partial charge on any atom is 0.254 e. The standard InChI is InChI=1S/C16H22FNO2/c1-11-6-5-8-13(15(11)17)16(20)18-14-9-4-2-3-7-12(14)10-19/h5-6,8,12,14,19H,2-4,7,9-10H2,1H3,(H,18,20). The lowest BCUT2D eigenvalue weighted by atomic mass is 9.95. The highest BCUT2D eigenvalue weighted by Crippen LogP contribution is 2.23. The first kappa shape index (κ1) is 15.0. The number of hydrogen-bond donors (Lipinski definition) is 2. The number of rotatable bonds is 3. The number of aliphatic hydroxyl groups is 1. The average molecular weight is 279 g/mol. The summed E-state index contributed by atoms with van der Waals surface area (Å²) in [5.41, 5.74) is 0.558. The first-order valence-electron chi connectivity index (χ1n) is 7.30. The fraction of sp³-hybridized carbons (Fsp3) is 0.562. The van der Waals surface area contributed by atoms with Crippen LogP contribution >= 0.6 is 0 Å². The quantitative estimate of drug-likeness (QED) is 0.836. The Morgan fingerprint density at radius 1 is 1.35 bits per heavy atom. The zero-order valence-electron chi connectivity index (χ0n) is 11.9. The molecule has 1 fully saturated rings. The van der Waals surface area contributed by atoms with Gasteiger partial charge in [0.1, 0.15) is 5.82 Å². The highest BCUT2D eigenvalue weighted by atomic mass is 19.1. The van der Waals surface area contributed by atoms with Crippen molar-refractivity contribution in [2.24, 2.45) is 5.92 Å². The van der Waals surface area contributed by atoms with Crippen LogP contribution < -0.4 is 5.32 Å². The highest BCUT2D eigenvalue weighted by Gasteiger charge is 2.25. The van der Waals surface area contributed by atoms with E-state index in [0.717, 1.165) is 32.1 Å². The molecule has 2 rings (SSSR count). The van der Waals surface area contributed by atoms with Gasteiger partial charge in [-0.15, -0.1) is 0 Å². The number of carbonyl (C=O) groups is 1. The fourth-order valence-electron chi connectivity index (χ4n) is 2.86. The Kier molecular flexibility index (Phi) is 5.12. The summed E-state index contributed by atoms with van der Waals surface area (Å²) in [6, 6.07) is 4.77. The number of amides is 1. The zero-order chi connectivity index (χ0) is 14.5. The van der Waals surface area contributed by atoms with Gasteiger partial charge in [-0.1, -0.05) is 31.4 Å². The maximum absolute atomic E-state index is 14.0. The Hall–Kier alpha value is -1.42. The topological polar surface area (TPSA) is 49.3 Å². The molecule has 1 aromatic carbocycles. The van der Waals surface area contributed by atoms with Gasteiger partial charge >= 0.3 is 0 Å². The molecule has 0 aromatic heterocycles. The van der Waals surface area contributed by atoms with Crippen LogP contribution in [-0.2, 0) is 0 Å². The molecule has 0 heterocycles. The molecule has 1 aromatic rings. The summed E-state index contributed by atoms with van der Waals surface area (Å²) in [6.45, 7) is 1.72. The second kappa shape index (κ2) is 6.84. The largest absolute Gasteiger partial charge is 0.396 e. The predicted octanol–water partition coefficient (Wildman–Crippen LogP) is 2.81. The third-order valence-corrected chi connectivity index (χ3v) is 4.15. The second-order valence-electron chi connectivity index (χ2n) is 5.60. The summed E-state index contributed by atoms with van der Waals surface area (Å²) in [7, 11) is 0. The van der Waals surface area contributed by atoms with Crippen molar-refractivity contribution in [3.05, 3.63) is 35.1 Å². The van der Waals surface area contributed by atoms with Crippen molar-refractivity contribution in [1.82, 2.24) is 5.32 Å². The van der Waals surface area contributed by atoms with E-state index in [9.17, 15) is 14.3 Å². The molecule has 1 saturated carbocycles. The van der Waals surface area contributed by atoms with E-state index in [-0.39, 0.29) is 30.0 Å². The number of nitrogens with one attached hydrogen (secondary N) is 1. The lowest BCUT2D eigenvalue weighted by Gasteiger charge is -2.24. The van der Waals surface area contributed by atoms with Crippen molar-refractivity contribution < 1.29 is 14.3 Å². The van der Waals surface area contributed by atoms with Gasteiger partial charge in [-0.2, -0.15) is 0 Å². The van der Waals surface area contributed by atoms with Crippen molar-refractivity contribution in [2.45, 2.75) is 45.1 Å². The molecule has 20 heavy (non-hydrogen) atoms. The molecule has 0 spiro atoms. The molecule has 2 atom stereocenters. The third-order valence-electron chi connectivity index (χ3n) is 4.15. The molecule has 1 amide bonds. The number of aliphatic hydroxyl groups excluding tert-OH is 1. The van der Waals surface area contributed by atoms with Gasteiger partial charge in [-0.3, -0.25) is 4.79 Å². The second-order valence-corrected chi connectivity index (χ2v) is 5.60.